The molecule has 3 aliphatic heterocycles. The SMILES string of the molecule is COCCN1CC[C@@]2(CCC1=O)CN(CCC(=O)N1CCCC1)CCN2C. The fourth-order valence-electron chi connectivity index (χ4n) is 4.78. The number of hydrogen-bond donors (Lipinski definition) is 0. The average molecular weight is 381 g/mol. The lowest BCUT2D eigenvalue weighted by molar-refractivity contribution is -0.131. The highest BCUT2D eigenvalue weighted by Crippen LogP contribution is 2.32. The fourth-order valence-corrected chi connectivity index (χ4v) is 4.78. The van der Waals surface area contributed by atoms with Gasteiger partial charge in [-0.25, -0.2) is 0 Å². The molecule has 0 N–H and O–H groups in total. The molecule has 0 bridgehead atoms. The van der Waals surface area contributed by atoms with E-state index in [-0.39, 0.29) is 11.4 Å². The molecule has 3 aliphatic rings. The molecule has 0 aromatic heterocycles. The molecule has 0 aromatic carbocycles. The van der Waals surface area contributed by atoms with Crippen LogP contribution in [0.4, 0.5) is 0 Å². The van der Waals surface area contributed by atoms with Crippen LogP contribution in [-0.2, 0) is 14.3 Å². The summed E-state index contributed by atoms with van der Waals surface area (Å²) in [6.45, 7) is 7.76. The Hall–Kier alpha value is -1.18. The molecule has 3 saturated heterocycles. The molecule has 154 valence electrons. The highest BCUT2D eigenvalue weighted by atomic mass is 16.5. The molecule has 27 heavy (non-hydrogen) atoms. The van der Waals surface area contributed by atoms with Crippen LogP contribution >= 0.6 is 0 Å². The smallest absolute Gasteiger partial charge is 0.223 e. The van der Waals surface area contributed by atoms with Gasteiger partial charge in [-0.15, -0.1) is 0 Å². The largest absolute Gasteiger partial charge is 0.383 e. The van der Waals surface area contributed by atoms with E-state index in [2.05, 4.69) is 16.8 Å². The highest BCUT2D eigenvalue weighted by molar-refractivity contribution is 5.77. The molecule has 7 heteroatoms. The Labute approximate surface area is 163 Å². The molecule has 3 rings (SSSR count). The Balaban J connectivity index is 1.55. The van der Waals surface area contributed by atoms with Crippen molar-refractivity contribution in [1.82, 2.24) is 19.6 Å². The maximum absolute atomic E-state index is 12.5. The fraction of sp³-hybridized carbons (Fsp3) is 0.900. The van der Waals surface area contributed by atoms with Gasteiger partial charge in [0, 0.05) is 77.8 Å². The number of carbonyl (C=O) groups excluding carboxylic acids is 2. The van der Waals surface area contributed by atoms with Crippen LogP contribution in [0.25, 0.3) is 0 Å². The van der Waals surface area contributed by atoms with Gasteiger partial charge in [0.25, 0.3) is 0 Å². The maximum Gasteiger partial charge on any atom is 0.223 e. The zero-order valence-electron chi connectivity index (χ0n) is 17.1. The van der Waals surface area contributed by atoms with Gasteiger partial charge in [0.2, 0.25) is 11.8 Å². The second-order valence-electron chi connectivity index (χ2n) is 8.38. The van der Waals surface area contributed by atoms with Gasteiger partial charge in [0.15, 0.2) is 0 Å². The van der Waals surface area contributed by atoms with Crippen molar-refractivity contribution in [2.24, 2.45) is 0 Å². The van der Waals surface area contributed by atoms with Gasteiger partial charge in [-0.2, -0.15) is 0 Å². The van der Waals surface area contributed by atoms with Crippen LogP contribution in [0.1, 0.15) is 38.5 Å². The number of amides is 2. The molecule has 3 heterocycles. The van der Waals surface area contributed by atoms with Crippen molar-refractivity contribution in [3.05, 3.63) is 0 Å². The Morgan fingerprint density at radius 2 is 1.85 bits per heavy atom. The van der Waals surface area contributed by atoms with E-state index >= 15 is 0 Å². The van der Waals surface area contributed by atoms with E-state index in [9.17, 15) is 9.59 Å². The van der Waals surface area contributed by atoms with E-state index in [0.717, 1.165) is 71.5 Å². The molecule has 3 fully saturated rings. The number of ether oxygens (including phenoxy) is 1. The molecule has 0 aromatic rings. The lowest BCUT2D eigenvalue weighted by Gasteiger charge is -2.49. The van der Waals surface area contributed by atoms with Gasteiger partial charge in [-0.1, -0.05) is 0 Å². The molecular weight excluding hydrogens is 344 g/mol. The van der Waals surface area contributed by atoms with Crippen molar-refractivity contribution < 1.29 is 14.3 Å². The van der Waals surface area contributed by atoms with Gasteiger partial charge in [0.05, 0.1) is 6.61 Å². The van der Waals surface area contributed by atoms with Crippen LogP contribution in [0, 0.1) is 0 Å². The number of likely N-dealkylation sites (N-methyl/N-ethyl adjacent to an activating group) is 1. The van der Waals surface area contributed by atoms with E-state index in [1.165, 1.54) is 0 Å². The molecule has 0 radical (unpaired) electrons. The first-order valence-corrected chi connectivity index (χ1v) is 10.5. The molecule has 0 unspecified atom stereocenters. The van der Waals surface area contributed by atoms with Gasteiger partial charge >= 0.3 is 0 Å². The van der Waals surface area contributed by atoms with E-state index in [4.69, 9.17) is 4.74 Å². The third-order valence-electron chi connectivity index (χ3n) is 6.75. The quantitative estimate of drug-likeness (QED) is 0.677. The minimum Gasteiger partial charge on any atom is -0.383 e. The van der Waals surface area contributed by atoms with Gasteiger partial charge in [-0.05, 0) is 32.7 Å². The second kappa shape index (κ2) is 9.34. The second-order valence-corrected chi connectivity index (χ2v) is 8.38. The predicted molar refractivity (Wildman–Crippen MR) is 105 cm³/mol. The van der Waals surface area contributed by atoms with Crippen LogP contribution in [0.15, 0.2) is 0 Å². The molecule has 0 aliphatic carbocycles. The van der Waals surface area contributed by atoms with E-state index in [1.54, 1.807) is 7.11 Å². The van der Waals surface area contributed by atoms with Gasteiger partial charge < -0.3 is 14.5 Å². The summed E-state index contributed by atoms with van der Waals surface area (Å²) < 4.78 is 5.16. The summed E-state index contributed by atoms with van der Waals surface area (Å²) in [4.78, 5) is 33.8. The number of rotatable bonds is 6. The first kappa shape index (κ1) is 20.6. The summed E-state index contributed by atoms with van der Waals surface area (Å²) in [5.41, 5.74) is 0.0480. The first-order chi connectivity index (χ1) is 13.0. The van der Waals surface area contributed by atoms with Crippen molar-refractivity contribution in [2.45, 2.75) is 44.1 Å². The summed E-state index contributed by atoms with van der Waals surface area (Å²) in [5, 5.41) is 0. The van der Waals surface area contributed by atoms with Crippen LogP contribution in [0.2, 0.25) is 0 Å². The minimum atomic E-state index is 0.0480. The van der Waals surface area contributed by atoms with E-state index < -0.39 is 0 Å². The molecule has 0 saturated carbocycles. The van der Waals surface area contributed by atoms with Gasteiger partial charge in [-0.3, -0.25) is 19.4 Å². The van der Waals surface area contributed by atoms with Crippen LogP contribution in [-0.4, -0.2) is 110 Å². The minimum absolute atomic E-state index is 0.0480. The molecule has 2 amide bonds. The zero-order valence-corrected chi connectivity index (χ0v) is 17.1. The van der Waals surface area contributed by atoms with E-state index in [1.807, 2.05) is 9.80 Å². The lowest BCUT2D eigenvalue weighted by Crippen LogP contribution is -2.61. The molecule has 7 nitrogen and oxygen atoms in total. The Kier molecular flexibility index (Phi) is 7.11. The monoisotopic (exact) mass is 380 g/mol. The molecular formula is C20H36N4O3. The van der Waals surface area contributed by atoms with Crippen molar-refractivity contribution in [1.29, 1.82) is 0 Å². The Morgan fingerprint density at radius 3 is 2.59 bits per heavy atom. The van der Waals surface area contributed by atoms with Crippen molar-refractivity contribution in [3.63, 3.8) is 0 Å². The van der Waals surface area contributed by atoms with E-state index in [0.29, 0.717) is 31.9 Å². The number of carbonyl (C=O) groups is 2. The number of nitrogens with zero attached hydrogens (tertiary/aromatic N) is 4. The number of methoxy groups -OCH3 is 1. The Bertz CT molecular complexity index is 523. The third kappa shape index (κ3) is 5.00. The number of hydrogen-bond acceptors (Lipinski definition) is 5. The van der Waals surface area contributed by atoms with Crippen molar-refractivity contribution in [3.8, 4) is 0 Å². The standard InChI is InChI=1S/C20H36N4O3/c1-21-13-14-22(11-6-19(26)23-9-3-4-10-23)17-20(21)7-5-18(25)24(12-8-20)15-16-27-2/h3-17H2,1-2H3/t20-/m0/s1. The highest BCUT2D eigenvalue weighted by Gasteiger charge is 2.42. The van der Waals surface area contributed by atoms with Crippen LogP contribution in [0.3, 0.4) is 0 Å². The summed E-state index contributed by atoms with van der Waals surface area (Å²) in [7, 11) is 3.88. The third-order valence-corrected chi connectivity index (χ3v) is 6.75. The zero-order chi connectivity index (χ0) is 19.3. The average Bonchev–Trinajstić information content (AvgIpc) is 3.16. The summed E-state index contributed by atoms with van der Waals surface area (Å²) in [5.74, 6) is 0.556. The maximum atomic E-state index is 12.5. The molecule has 1 atom stereocenters. The summed E-state index contributed by atoms with van der Waals surface area (Å²) in [6.07, 6.45) is 5.43. The summed E-state index contributed by atoms with van der Waals surface area (Å²) in [6, 6.07) is 0. The molecule has 1 spiro atoms. The predicted octanol–water partition coefficient (Wildman–Crippen LogP) is 0.644. The normalized spacial score (nSPS) is 28.1. The van der Waals surface area contributed by atoms with Crippen LogP contribution in [0.5, 0.6) is 0 Å². The Morgan fingerprint density at radius 1 is 1.07 bits per heavy atom. The van der Waals surface area contributed by atoms with Crippen molar-refractivity contribution in [2.75, 3.05) is 73.1 Å². The number of likely N-dealkylation sites (tertiary alicyclic amines) is 2. The first-order valence-electron chi connectivity index (χ1n) is 10.5. The topological polar surface area (TPSA) is 56.3 Å². The lowest BCUT2D eigenvalue weighted by atomic mass is 9.86. The summed E-state index contributed by atoms with van der Waals surface area (Å²) >= 11 is 0. The number of piperazine rings is 1. The van der Waals surface area contributed by atoms with Crippen molar-refractivity contribution >= 4 is 11.8 Å². The van der Waals surface area contributed by atoms with Crippen LogP contribution < -0.4 is 0 Å². The van der Waals surface area contributed by atoms with Gasteiger partial charge in [0.1, 0.15) is 0 Å².